The van der Waals surface area contributed by atoms with Crippen molar-refractivity contribution < 1.29 is 4.92 Å². The fourth-order valence-electron chi connectivity index (χ4n) is 2.38. The molecule has 0 bridgehead atoms. The van der Waals surface area contributed by atoms with E-state index in [0.717, 1.165) is 26.1 Å². The lowest BCUT2D eigenvalue weighted by atomic mass is 10.1. The molecule has 0 aliphatic rings. The van der Waals surface area contributed by atoms with Crippen molar-refractivity contribution in [2.75, 3.05) is 31.5 Å². The lowest BCUT2D eigenvalue weighted by molar-refractivity contribution is -0.384. The van der Waals surface area contributed by atoms with Crippen molar-refractivity contribution in [3.05, 3.63) is 15.8 Å². The second kappa shape index (κ2) is 7.97. The smallest absolute Gasteiger partial charge is 0.334 e. The summed E-state index contributed by atoms with van der Waals surface area (Å²) in [6.07, 6.45) is 1.11. The van der Waals surface area contributed by atoms with E-state index < -0.39 is 0 Å². The number of nitrogens with one attached hydrogen (secondary N) is 1. The highest BCUT2D eigenvalue weighted by molar-refractivity contribution is 5.60. The molecule has 7 nitrogen and oxygen atoms in total. The zero-order chi connectivity index (χ0) is 16.0. The van der Waals surface area contributed by atoms with Crippen molar-refractivity contribution >= 4 is 11.5 Å². The van der Waals surface area contributed by atoms with Gasteiger partial charge in [-0.25, -0.2) is 4.68 Å². The molecule has 1 aromatic rings. The van der Waals surface area contributed by atoms with Crippen LogP contribution in [0.15, 0.2) is 0 Å². The van der Waals surface area contributed by atoms with Crippen LogP contribution in [0.4, 0.5) is 11.5 Å². The van der Waals surface area contributed by atoms with Gasteiger partial charge in [-0.3, -0.25) is 10.1 Å². The summed E-state index contributed by atoms with van der Waals surface area (Å²) in [6.45, 7) is 11.7. The molecule has 1 aromatic heterocycles. The van der Waals surface area contributed by atoms with E-state index in [1.54, 1.807) is 11.7 Å². The monoisotopic (exact) mass is 297 g/mol. The fraction of sp³-hybridized carbons (Fsp3) is 0.786. The molecule has 0 saturated heterocycles. The van der Waals surface area contributed by atoms with Crippen molar-refractivity contribution in [3.8, 4) is 0 Å². The number of nitro groups is 1. The summed E-state index contributed by atoms with van der Waals surface area (Å²) < 4.78 is 1.57. The van der Waals surface area contributed by atoms with Gasteiger partial charge in [-0.15, -0.1) is 0 Å². The maximum Gasteiger partial charge on any atom is 0.334 e. The first-order chi connectivity index (χ1) is 9.92. The molecule has 1 heterocycles. The molecule has 0 aromatic carbocycles. The fourth-order valence-corrected chi connectivity index (χ4v) is 2.38. The number of hydrogen-bond acceptors (Lipinski definition) is 5. The number of nitrogens with zero attached hydrogens (tertiary/aromatic N) is 4. The van der Waals surface area contributed by atoms with E-state index in [1.165, 1.54) is 0 Å². The van der Waals surface area contributed by atoms with Crippen LogP contribution in [-0.4, -0.2) is 45.8 Å². The summed E-state index contributed by atoms with van der Waals surface area (Å²) in [5.74, 6) is 0.524. The predicted octanol–water partition coefficient (Wildman–Crippen LogP) is 2.60. The Bertz CT molecular complexity index is 470. The third kappa shape index (κ3) is 4.42. The van der Waals surface area contributed by atoms with Gasteiger partial charge in [0.2, 0.25) is 5.82 Å². The predicted molar refractivity (Wildman–Crippen MR) is 84.8 cm³/mol. The highest BCUT2D eigenvalue weighted by Crippen LogP contribution is 2.32. The van der Waals surface area contributed by atoms with E-state index in [1.807, 2.05) is 13.8 Å². The van der Waals surface area contributed by atoms with Crippen LogP contribution >= 0.6 is 0 Å². The molecular formula is C14H27N5O2. The Morgan fingerprint density at radius 1 is 1.38 bits per heavy atom. The maximum atomic E-state index is 11.3. The van der Waals surface area contributed by atoms with Gasteiger partial charge in [-0.05, 0) is 19.5 Å². The number of anilines is 1. The molecule has 0 unspecified atom stereocenters. The zero-order valence-electron chi connectivity index (χ0n) is 13.7. The van der Waals surface area contributed by atoms with Gasteiger partial charge in [0.05, 0.1) is 4.92 Å². The Morgan fingerprint density at radius 2 is 2.05 bits per heavy atom. The minimum Gasteiger partial charge on any atom is -0.363 e. The lowest BCUT2D eigenvalue weighted by Gasteiger charge is -2.19. The van der Waals surface area contributed by atoms with E-state index in [2.05, 4.69) is 29.2 Å². The van der Waals surface area contributed by atoms with Gasteiger partial charge in [0.1, 0.15) is 5.69 Å². The molecule has 120 valence electrons. The number of aromatic nitrogens is 2. The lowest BCUT2D eigenvalue weighted by Crippen LogP contribution is -2.30. The van der Waals surface area contributed by atoms with E-state index in [-0.39, 0.29) is 16.5 Å². The van der Waals surface area contributed by atoms with Crippen LogP contribution in [0.1, 0.15) is 45.7 Å². The molecular weight excluding hydrogens is 270 g/mol. The molecule has 7 heteroatoms. The highest BCUT2D eigenvalue weighted by atomic mass is 16.6. The Balaban J connectivity index is 2.81. The molecule has 0 atom stereocenters. The molecule has 21 heavy (non-hydrogen) atoms. The summed E-state index contributed by atoms with van der Waals surface area (Å²) in [6, 6.07) is 0. The molecule has 0 spiro atoms. The molecule has 0 amide bonds. The summed E-state index contributed by atoms with van der Waals surface area (Å²) in [7, 11) is 1.74. The minimum absolute atomic E-state index is 0.0272. The number of aryl methyl sites for hydroxylation is 1. The van der Waals surface area contributed by atoms with Crippen LogP contribution in [0.5, 0.6) is 0 Å². The third-order valence-electron chi connectivity index (χ3n) is 3.49. The first kappa shape index (κ1) is 17.4. The van der Waals surface area contributed by atoms with Crippen molar-refractivity contribution in [2.45, 2.75) is 40.0 Å². The van der Waals surface area contributed by atoms with Crippen molar-refractivity contribution in [1.29, 1.82) is 0 Å². The van der Waals surface area contributed by atoms with Crippen molar-refractivity contribution in [2.24, 2.45) is 7.05 Å². The molecule has 0 saturated carbocycles. The molecule has 1 N–H and O–H groups in total. The van der Waals surface area contributed by atoms with Crippen molar-refractivity contribution in [3.63, 3.8) is 0 Å². The number of rotatable bonds is 9. The second-order valence-corrected chi connectivity index (χ2v) is 5.48. The quantitative estimate of drug-likeness (QED) is 0.560. The van der Waals surface area contributed by atoms with E-state index in [4.69, 9.17) is 0 Å². The third-order valence-corrected chi connectivity index (χ3v) is 3.49. The first-order valence-electron chi connectivity index (χ1n) is 7.59. The largest absolute Gasteiger partial charge is 0.363 e. The van der Waals surface area contributed by atoms with E-state index in [9.17, 15) is 10.1 Å². The minimum atomic E-state index is -0.339. The van der Waals surface area contributed by atoms with Gasteiger partial charge in [0.15, 0.2) is 0 Å². The van der Waals surface area contributed by atoms with Crippen LogP contribution in [0.25, 0.3) is 0 Å². The average Bonchev–Trinajstić information content (AvgIpc) is 2.75. The Labute approximate surface area is 126 Å². The molecule has 1 rings (SSSR count). The van der Waals surface area contributed by atoms with Gasteiger partial charge in [-0.1, -0.05) is 27.7 Å². The Hall–Kier alpha value is -1.63. The van der Waals surface area contributed by atoms with Gasteiger partial charge in [-0.2, -0.15) is 5.10 Å². The van der Waals surface area contributed by atoms with Gasteiger partial charge >= 0.3 is 5.69 Å². The molecule has 0 aliphatic heterocycles. The number of hydrogen-bond donors (Lipinski definition) is 1. The van der Waals surface area contributed by atoms with E-state index in [0.29, 0.717) is 18.1 Å². The average molecular weight is 297 g/mol. The Morgan fingerprint density at radius 3 is 2.52 bits per heavy atom. The van der Waals surface area contributed by atoms with E-state index >= 15 is 0 Å². The van der Waals surface area contributed by atoms with Gasteiger partial charge in [0, 0.05) is 26.1 Å². The van der Waals surface area contributed by atoms with Crippen LogP contribution in [0, 0.1) is 10.1 Å². The first-order valence-corrected chi connectivity index (χ1v) is 7.59. The zero-order valence-corrected chi connectivity index (χ0v) is 13.7. The van der Waals surface area contributed by atoms with Gasteiger partial charge < -0.3 is 10.2 Å². The summed E-state index contributed by atoms with van der Waals surface area (Å²) in [4.78, 5) is 13.3. The van der Waals surface area contributed by atoms with Crippen molar-refractivity contribution in [1.82, 2.24) is 14.7 Å². The van der Waals surface area contributed by atoms with Crippen LogP contribution in [0.3, 0.4) is 0 Å². The maximum absolute atomic E-state index is 11.3. The normalized spacial score (nSPS) is 11.4. The summed E-state index contributed by atoms with van der Waals surface area (Å²) in [5.41, 5.74) is 0.636. The molecule has 0 fully saturated rings. The van der Waals surface area contributed by atoms with Gasteiger partial charge in [0.25, 0.3) is 0 Å². The van der Waals surface area contributed by atoms with Crippen LogP contribution < -0.4 is 5.32 Å². The SMILES string of the molecule is CCCN(CC)CCNc1c([N+](=O)[O-])c(C(C)C)nn1C. The summed E-state index contributed by atoms with van der Waals surface area (Å²) >= 11 is 0. The Kier molecular flexibility index (Phi) is 6.61. The summed E-state index contributed by atoms with van der Waals surface area (Å²) in [5, 5.41) is 18.8. The standard InChI is InChI=1S/C14H27N5O2/c1-6-9-18(7-2)10-8-15-14-13(19(20)21)12(11(3)4)16-17(14)5/h11,15H,6-10H2,1-5H3. The topological polar surface area (TPSA) is 76.2 Å². The second-order valence-electron chi connectivity index (χ2n) is 5.48. The highest BCUT2D eigenvalue weighted by Gasteiger charge is 2.28. The number of likely N-dealkylation sites (N-methyl/N-ethyl adjacent to an activating group) is 1. The van der Waals surface area contributed by atoms with Crippen LogP contribution in [-0.2, 0) is 7.05 Å². The molecule has 0 aliphatic carbocycles. The van der Waals surface area contributed by atoms with Crippen LogP contribution in [0.2, 0.25) is 0 Å². The molecule has 0 radical (unpaired) electrons.